The molecule has 1 aromatic carbocycles. The van der Waals surface area contributed by atoms with Crippen LogP contribution in [0, 0.1) is 13.8 Å². The average Bonchev–Trinajstić information content (AvgIpc) is 2.84. The average molecular weight is 270 g/mol. The van der Waals surface area contributed by atoms with E-state index in [0.717, 1.165) is 34.4 Å². The zero-order valence-corrected chi connectivity index (χ0v) is 12.3. The van der Waals surface area contributed by atoms with E-state index < -0.39 is 0 Å². The molecule has 0 saturated heterocycles. The summed E-state index contributed by atoms with van der Waals surface area (Å²) in [5, 5.41) is 0. The molecule has 2 heteroatoms. The van der Waals surface area contributed by atoms with Crippen LogP contribution in [-0.4, -0.2) is 5.78 Å². The summed E-state index contributed by atoms with van der Waals surface area (Å²) in [4.78, 5) is 15.0. The highest BCUT2D eigenvalue weighted by molar-refractivity contribution is 7.14. The minimum absolute atomic E-state index is 0.195. The lowest BCUT2D eigenvalue weighted by atomic mass is 9.97. The SMILES string of the molecule is Cc1ccc(C)c(C(=O)c2cc3c(s2)CCCC3)c1. The van der Waals surface area contributed by atoms with Crippen LogP contribution in [0.25, 0.3) is 0 Å². The van der Waals surface area contributed by atoms with E-state index in [-0.39, 0.29) is 5.78 Å². The summed E-state index contributed by atoms with van der Waals surface area (Å²) in [6.45, 7) is 4.05. The van der Waals surface area contributed by atoms with E-state index in [1.807, 2.05) is 26.0 Å². The molecule has 0 aliphatic heterocycles. The molecule has 1 heterocycles. The van der Waals surface area contributed by atoms with Crippen molar-refractivity contribution >= 4 is 17.1 Å². The second-order valence-corrected chi connectivity index (χ2v) is 6.55. The lowest BCUT2D eigenvalue weighted by Gasteiger charge is -2.08. The van der Waals surface area contributed by atoms with E-state index in [0.29, 0.717) is 0 Å². The summed E-state index contributed by atoms with van der Waals surface area (Å²) >= 11 is 1.70. The molecule has 1 aromatic heterocycles. The largest absolute Gasteiger partial charge is 0.288 e. The first kappa shape index (κ1) is 12.6. The van der Waals surface area contributed by atoms with Gasteiger partial charge in [0, 0.05) is 10.4 Å². The highest BCUT2D eigenvalue weighted by Crippen LogP contribution is 2.31. The van der Waals surface area contributed by atoms with Gasteiger partial charge in [0.1, 0.15) is 0 Å². The van der Waals surface area contributed by atoms with Crippen LogP contribution < -0.4 is 0 Å². The van der Waals surface area contributed by atoms with Crippen molar-refractivity contribution in [1.29, 1.82) is 0 Å². The van der Waals surface area contributed by atoms with Crippen LogP contribution in [-0.2, 0) is 12.8 Å². The van der Waals surface area contributed by atoms with Crippen LogP contribution in [0.2, 0.25) is 0 Å². The zero-order chi connectivity index (χ0) is 13.4. The van der Waals surface area contributed by atoms with Gasteiger partial charge in [0.25, 0.3) is 0 Å². The van der Waals surface area contributed by atoms with Crippen molar-refractivity contribution in [3.63, 3.8) is 0 Å². The van der Waals surface area contributed by atoms with E-state index in [1.54, 1.807) is 11.3 Å². The van der Waals surface area contributed by atoms with Crippen molar-refractivity contribution in [2.75, 3.05) is 0 Å². The second-order valence-electron chi connectivity index (χ2n) is 5.41. The van der Waals surface area contributed by atoms with Crippen LogP contribution >= 0.6 is 11.3 Å². The molecule has 0 spiro atoms. The third-order valence-electron chi connectivity index (χ3n) is 3.86. The van der Waals surface area contributed by atoms with E-state index >= 15 is 0 Å². The van der Waals surface area contributed by atoms with Crippen LogP contribution in [0.4, 0.5) is 0 Å². The van der Waals surface area contributed by atoms with Crippen molar-refractivity contribution in [2.24, 2.45) is 0 Å². The van der Waals surface area contributed by atoms with Crippen LogP contribution in [0.1, 0.15) is 49.6 Å². The second kappa shape index (κ2) is 4.93. The van der Waals surface area contributed by atoms with Crippen LogP contribution in [0.5, 0.6) is 0 Å². The van der Waals surface area contributed by atoms with Gasteiger partial charge in [-0.15, -0.1) is 11.3 Å². The van der Waals surface area contributed by atoms with Gasteiger partial charge in [0.15, 0.2) is 0 Å². The van der Waals surface area contributed by atoms with Gasteiger partial charge in [-0.05, 0) is 62.8 Å². The number of hydrogen-bond acceptors (Lipinski definition) is 2. The quantitative estimate of drug-likeness (QED) is 0.736. The minimum Gasteiger partial charge on any atom is -0.288 e. The molecule has 1 aliphatic rings. The molecular formula is C17H18OS. The molecule has 1 aliphatic carbocycles. The number of carbonyl (C=O) groups is 1. The molecule has 0 saturated carbocycles. The zero-order valence-electron chi connectivity index (χ0n) is 11.5. The minimum atomic E-state index is 0.195. The predicted molar refractivity (Wildman–Crippen MR) is 80.3 cm³/mol. The first-order valence-electron chi connectivity index (χ1n) is 6.88. The fourth-order valence-corrected chi connectivity index (χ4v) is 3.92. The number of benzene rings is 1. The molecule has 19 heavy (non-hydrogen) atoms. The standard InChI is InChI=1S/C17H18OS/c1-11-7-8-12(2)14(9-11)17(18)16-10-13-5-3-4-6-15(13)19-16/h7-10H,3-6H2,1-2H3. The van der Waals surface area contributed by atoms with E-state index in [9.17, 15) is 4.79 Å². The lowest BCUT2D eigenvalue weighted by molar-refractivity contribution is 0.104. The molecule has 3 rings (SSSR count). The first-order valence-corrected chi connectivity index (χ1v) is 7.70. The maximum Gasteiger partial charge on any atom is 0.203 e. The number of hydrogen-bond donors (Lipinski definition) is 0. The van der Waals surface area contributed by atoms with E-state index in [1.165, 1.54) is 23.3 Å². The Labute approximate surface area is 118 Å². The maximum absolute atomic E-state index is 12.6. The maximum atomic E-state index is 12.6. The van der Waals surface area contributed by atoms with Gasteiger partial charge in [0.2, 0.25) is 5.78 Å². The summed E-state index contributed by atoms with van der Waals surface area (Å²) in [5.74, 6) is 0.195. The predicted octanol–water partition coefficient (Wildman–Crippen LogP) is 4.47. The number of ketones is 1. The number of aryl methyl sites for hydroxylation is 4. The van der Waals surface area contributed by atoms with Crippen molar-refractivity contribution in [3.05, 3.63) is 56.3 Å². The van der Waals surface area contributed by atoms with Gasteiger partial charge >= 0.3 is 0 Å². The molecular weight excluding hydrogens is 252 g/mol. The number of thiophene rings is 1. The number of carbonyl (C=O) groups excluding carboxylic acids is 1. The molecule has 0 fully saturated rings. The Bertz CT molecular complexity index is 613. The van der Waals surface area contributed by atoms with E-state index in [2.05, 4.69) is 12.1 Å². The smallest absolute Gasteiger partial charge is 0.203 e. The molecule has 0 unspecified atom stereocenters. The summed E-state index contributed by atoms with van der Waals surface area (Å²) in [6, 6.07) is 8.24. The molecule has 0 N–H and O–H groups in total. The van der Waals surface area contributed by atoms with Gasteiger partial charge in [-0.3, -0.25) is 4.79 Å². The third kappa shape index (κ3) is 2.37. The Morgan fingerprint density at radius 1 is 1.11 bits per heavy atom. The topological polar surface area (TPSA) is 17.1 Å². The Morgan fingerprint density at radius 3 is 2.68 bits per heavy atom. The van der Waals surface area contributed by atoms with Crippen LogP contribution in [0.3, 0.4) is 0 Å². The van der Waals surface area contributed by atoms with Gasteiger partial charge in [-0.2, -0.15) is 0 Å². The van der Waals surface area contributed by atoms with Gasteiger partial charge in [0.05, 0.1) is 4.88 Å². The van der Waals surface area contributed by atoms with Crippen molar-refractivity contribution in [3.8, 4) is 0 Å². The highest BCUT2D eigenvalue weighted by atomic mass is 32.1. The fourth-order valence-electron chi connectivity index (χ4n) is 2.72. The molecule has 0 amide bonds. The van der Waals surface area contributed by atoms with Crippen molar-refractivity contribution in [1.82, 2.24) is 0 Å². The summed E-state index contributed by atoms with van der Waals surface area (Å²) in [6.07, 6.45) is 4.83. The Kier molecular flexibility index (Phi) is 3.28. The third-order valence-corrected chi connectivity index (χ3v) is 5.09. The molecule has 2 aromatic rings. The monoisotopic (exact) mass is 270 g/mol. The van der Waals surface area contributed by atoms with Crippen LogP contribution in [0.15, 0.2) is 24.3 Å². The molecule has 0 atom stereocenters. The van der Waals surface area contributed by atoms with Gasteiger partial charge in [-0.25, -0.2) is 0 Å². The lowest BCUT2D eigenvalue weighted by Crippen LogP contribution is -2.02. The molecule has 1 nitrogen and oxygen atoms in total. The summed E-state index contributed by atoms with van der Waals surface area (Å²) in [5.41, 5.74) is 4.49. The normalized spacial score (nSPS) is 14.2. The van der Waals surface area contributed by atoms with E-state index in [4.69, 9.17) is 0 Å². The Hall–Kier alpha value is -1.41. The molecule has 98 valence electrons. The Morgan fingerprint density at radius 2 is 1.89 bits per heavy atom. The molecule has 0 radical (unpaired) electrons. The van der Waals surface area contributed by atoms with Gasteiger partial charge in [-0.1, -0.05) is 17.7 Å². The number of rotatable bonds is 2. The van der Waals surface area contributed by atoms with Crippen molar-refractivity contribution < 1.29 is 4.79 Å². The van der Waals surface area contributed by atoms with Crippen molar-refractivity contribution in [2.45, 2.75) is 39.5 Å². The molecule has 0 bridgehead atoms. The Balaban J connectivity index is 1.99. The number of fused-ring (bicyclic) bond motifs is 1. The highest BCUT2D eigenvalue weighted by Gasteiger charge is 2.19. The summed E-state index contributed by atoms with van der Waals surface area (Å²) in [7, 11) is 0. The van der Waals surface area contributed by atoms with Gasteiger partial charge < -0.3 is 0 Å². The fraction of sp³-hybridized carbons (Fsp3) is 0.353. The summed E-state index contributed by atoms with van der Waals surface area (Å²) < 4.78 is 0. The first-order chi connectivity index (χ1) is 9.15.